The minimum absolute atomic E-state index is 0.0172. The molecule has 2 aliphatic rings. The zero-order valence-corrected chi connectivity index (χ0v) is 11.8. The molecule has 2 heterocycles. The van der Waals surface area contributed by atoms with Crippen molar-refractivity contribution in [1.29, 1.82) is 0 Å². The number of esters is 1. The lowest BCUT2D eigenvalue weighted by Gasteiger charge is -2.24. The van der Waals surface area contributed by atoms with Crippen LogP contribution in [0.25, 0.3) is 0 Å². The van der Waals surface area contributed by atoms with Crippen molar-refractivity contribution in [2.75, 3.05) is 14.2 Å². The third-order valence-electron chi connectivity index (χ3n) is 4.22. The molecule has 1 N–H and O–H groups in total. The molecule has 0 saturated heterocycles. The van der Waals surface area contributed by atoms with Crippen molar-refractivity contribution in [3.05, 3.63) is 41.4 Å². The van der Waals surface area contributed by atoms with Crippen LogP contribution < -0.4 is 5.43 Å². The molecule has 0 bridgehead atoms. The Labute approximate surface area is 118 Å². The number of nitrogens with one attached hydrogen (secondary N) is 1. The van der Waals surface area contributed by atoms with E-state index in [-0.39, 0.29) is 17.9 Å². The van der Waals surface area contributed by atoms with Crippen molar-refractivity contribution in [1.82, 2.24) is 15.4 Å². The van der Waals surface area contributed by atoms with Gasteiger partial charge in [0.25, 0.3) is 0 Å². The van der Waals surface area contributed by atoms with Crippen LogP contribution in [0.3, 0.4) is 0 Å². The molecule has 0 aromatic carbocycles. The van der Waals surface area contributed by atoms with Gasteiger partial charge in [-0.1, -0.05) is 0 Å². The Kier molecular flexibility index (Phi) is 3.44. The van der Waals surface area contributed by atoms with Gasteiger partial charge in [-0.3, -0.25) is 9.78 Å². The van der Waals surface area contributed by atoms with Crippen LogP contribution in [0.4, 0.5) is 0 Å². The number of nitrogens with zero attached hydrogens (tertiary/aromatic N) is 2. The summed E-state index contributed by atoms with van der Waals surface area (Å²) in [4.78, 5) is 15.9. The predicted molar refractivity (Wildman–Crippen MR) is 74.3 cm³/mol. The number of pyridine rings is 1. The quantitative estimate of drug-likeness (QED) is 0.833. The van der Waals surface area contributed by atoms with Crippen LogP contribution >= 0.6 is 0 Å². The third-order valence-corrected chi connectivity index (χ3v) is 4.22. The van der Waals surface area contributed by atoms with E-state index in [1.54, 1.807) is 12.4 Å². The lowest BCUT2D eigenvalue weighted by molar-refractivity contribution is -0.145. The van der Waals surface area contributed by atoms with Crippen LogP contribution in [0.1, 0.15) is 30.9 Å². The first-order chi connectivity index (χ1) is 9.70. The molecule has 1 aromatic rings. The SMILES string of the molecule is COC(=O)C1CCC2=C(C1)C(c1ccncc1)NN2C. The fourth-order valence-electron chi connectivity index (χ4n) is 3.17. The van der Waals surface area contributed by atoms with Gasteiger partial charge in [0, 0.05) is 25.1 Å². The zero-order valence-electron chi connectivity index (χ0n) is 11.8. The van der Waals surface area contributed by atoms with Gasteiger partial charge in [-0.15, -0.1) is 0 Å². The van der Waals surface area contributed by atoms with Crippen LogP contribution in [-0.2, 0) is 9.53 Å². The van der Waals surface area contributed by atoms with Crippen LogP contribution in [0.5, 0.6) is 0 Å². The van der Waals surface area contributed by atoms with Crippen LogP contribution in [0.15, 0.2) is 35.8 Å². The summed E-state index contributed by atoms with van der Waals surface area (Å²) in [6.07, 6.45) is 6.15. The van der Waals surface area contributed by atoms with E-state index in [9.17, 15) is 4.79 Å². The smallest absolute Gasteiger partial charge is 0.308 e. The summed E-state index contributed by atoms with van der Waals surface area (Å²) in [5.74, 6) is -0.115. The second-order valence-corrected chi connectivity index (χ2v) is 5.34. The molecule has 106 valence electrons. The average Bonchev–Trinajstić information content (AvgIpc) is 2.84. The van der Waals surface area contributed by atoms with Gasteiger partial charge in [-0.25, -0.2) is 5.43 Å². The number of allylic oxidation sites excluding steroid dienone is 1. The second kappa shape index (κ2) is 5.25. The number of carbonyl (C=O) groups excluding carboxylic acids is 1. The Bertz CT molecular complexity index is 541. The predicted octanol–water partition coefficient (Wildman–Crippen LogP) is 1.80. The van der Waals surface area contributed by atoms with E-state index >= 15 is 0 Å². The highest BCUT2D eigenvalue weighted by Crippen LogP contribution is 2.42. The van der Waals surface area contributed by atoms with Crippen LogP contribution in [-0.4, -0.2) is 30.1 Å². The number of hydrogen-bond donors (Lipinski definition) is 1. The highest BCUT2D eigenvalue weighted by molar-refractivity contribution is 5.73. The van der Waals surface area contributed by atoms with E-state index in [0.717, 1.165) is 19.3 Å². The van der Waals surface area contributed by atoms with E-state index in [1.807, 2.05) is 19.2 Å². The fourth-order valence-corrected chi connectivity index (χ4v) is 3.17. The molecule has 2 atom stereocenters. The first-order valence-corrected chi connectivity index (χ1v) is 6.90. The van der Waals surface area contributed by atoms with Crippen LogP contribution in [0.2, 0.25) is 0 Å². The Balaban J connectivity index is 1.88. The minimum atomic E-state index is -0.0976. The number of carbonyl (C=O) groups is 1. The molecular formula is C15H19N3O2. The molecule has 5 heteroatoms. The molecule has 0 saturated carbocycles. The van der Waals surface area contributed by atoms with Crippen molar-refractivity contribution < 1.29 is 9.53 Å². The molecule has 2 unspecified atom stereocenters. The normalized spacial score (nSPS) is 25.6. The standard InChI is InChI=1S/C15H19N3O2/c1-18-13-4-3-11(15(19)20-2)9-12(13)14(17-18)10-5-7-16-8-6-10/h5-8,11,14,17H,3-4,9H2,1-2H3. The van der Waals surface area contributed by atoms with Crippen molar-refractivity contribution in [3.8, 4) is 0 Å². The average molecular weight is 273 g/mol. The largest absolute Gasteiger partial charge is 0.469 e. The van der Waals surface area contributed by atoms with E-state index < -0.39 is 0 Å². The van der Waals surface area contributed by atoms with E-state index in [1.165, 1.54) is 23.9 Å². The van der Waals surface area contributed by atoms with Gasteiger partial charge in [-0.05, 0) is 42.5 Å². The van der Waals surface area contributed by atoms with Crippen molar-refractivity contribution >= 4 is 5.97 Å². The maximum Gasteiger partial charge on any atom is 0.308 e. The Morgan fingerprint density at radius 3 is 2.90 bits per heavy atom. The van der Waals surface area contributed by atoms with Gasteiger partial charge >= 0.3 is 5.97 Å². The van der Waals surface area contributed by atoms with Gasteiger partial charge in [0.15, 0.2) is 0 Å². The first-order valence-electron chi connectivity index (χ1n) is 6.90. The Morgan fingerprint density at radius 1 is 1.45 bits per heavy atom. The number of methoxy groups -OCH3 is 1. The Morgan fingerprint density at radius 2 is 2.20 bits per heavy atom. The van der Waals surface area contributed by atoms with E-state index in [0.29, 0.717) is 0 Å². The summed E-state index contributed by atoms with van der Waals surface area (Å²) in [7, 11) is 3.50. The molecule has 0 fully saturated rings. The number of hydrazine groups is 1. The molecule has 0 spiro atoms. The minimum Gasteiger partial charge on any atom is -0.469 e. The van der Waals surface area contributed by atoms with Crippen molar-refractivity contribution in [3.63, 3.8) is 0 Å². The van der Waals surface area contributed by atoms with Crippen LogP contribution in [0, 0.1) is 5.92 Å². The number of aromatic nitrogens is 1. The highest BCUT2D eigenvalue weighted by atomic mass is 16.5. The van der Waals surface area contributed by atoms with Gasteiger partial charge < -0.3 is 9.75 Å². The van der Waals surface area contributed by atoms with E-state index in [2.05, 4.69) is 15.4 Å². The van der Waals surface area contributed by atoms with Gasteiger partial charge in [0.05, 0.1) is 19.1 Å². The number of hydrogen-bond acceptors (Lipinski definition) is 5. The summed E-state index contributed by atoms with van der Waals surface area (Å²) in [6.45, 7) is 0. The number of ether oxygens (including phenoxy) is 1. The monoisotopic (exact) mass is 273 g/mol. The van der Waals surface area contributed by atoms with E-state index in [4.69, 9.17) is 4.74 Å². The summed E-state index contributed by atoms with van der Waals surface area (Å²) < 4.78 is 4.90. The summed E-state index contributed by atoms with van der Waals surface area (Å²) in [5, 5.41) is 2.09. The topological polar surface area (TPSA) is 54.5 Å². The summed E-state index contributed by atoms with van der Waals surface area (Å²) in [5.41, 5.74) is 7.27. The molecule has 1 aliphatic carbocycles. The molecule has 5 nitrogen and oxygen atoms in total. The molecule has 1 aliphatic heterocycles. The fraction of sp³-hybridized carbons (Fsp3) is 0.467. The van der Waals surface area contributed by atoms with Crippen molar-refractivity contribution in [2.24, 2.45) is 5.92 Å². The van der Waals surface area contributed by atoms with Gasteiger partial charge in [0.1, 0.15) is 0 Å². The maximum atomic E-state index is 11.8. The molecule has 1 aromatic heterocycles. The van der Waals surface area contributed by atoms with Crippen molar-refractivity contribution in [2.45, 2.75) is 25.3 Å². The lowest BCUT2D eigenvalue weighted by atomic mass is 9.83. The second-order valence-electron chi connectivity index (χ2n) is 5.34. The maximum absolute atomic E-state index is 11.8. The lowest BCUT2D eigenvalue weighted by Crippen LogP contribution is -2.29. The molecule has 3 rings (SSSR count). The summed E-state index contributed by atoms with van der Waals surface area (Å²) in [6, 6.07) is 4.18. The number of rotatable bonds is 2. The van der Waals surface area contributed by atoms with Gasteiger partial charge in [-0.2, -0.15) is 0 Å². The molecular weight excluding hydrogens is 254 g/mol. The summed E-state index contributed by atoms with van der Waals surface area (Å²) >= 11 is 0. The zero-order chi connectivity index (χ0) is 14.1. The first kappa shape index (κ1) is 13.1. The molecule has 20 heavy (non-hydrogen) atoms. The molecule has 0 amide bonds. The third kappa shape index (κ3) is 2.18. The molecule has 0 radical (unpaired) electrons. The van der Waals surface area contributed by atoms with Gasteiger partial charge in [0.2, 0.25) is 0 Å². The highest BCUT2D eigenvalue weighted by Gasteiger charge is 2.37. The Hall–Kier alpha value is -1.88.